The van der Waals surface area contributed by atoms with E-state index in [1.807, 2.05) is 25.1 Å². The molecule has 2 amide bonds. The van der Waals surface area contributed by atoms with Crippen molar-refractivity contribution in [1.82, 2.24) is 9.80 Å². The van der Waals surface area contributed by atoms with E-state index in [0.29, 0.717) is 18.7 Å². The second-order valence-electron chi connectivity index (χ2n) is 7.90. The lowest BCUT2D eigenvalue weighted by molar-refractivity contribution is -0.143. The number of aryl methyl sites for hydroxylation is 1. The van der Waals surface area contributed by atoms with Gasteiger partial charge in [-0.2, -0.15) is 0 Å². The first-order chi connectivity index (χ1) is 14.8. The number of nitrogens with zero attached hydrogens (tertiary/aromatic N) is 2. The van der Waals surface area contributed by atoms with Crippen LogP contribution in [0.3, 0.4) is 0 Å². The quantitative estimate of drug-likeness (QED) is 0.816. The number of ether oxygens (including phenoxy) is 1. The molecule has 2 aliphatic heterocycles. The number of amides is 2. The maximum absolute atomic E-state index is 13.7. The van der Waals surface area contributed by atoms with Crippen LogP contribution in [0.1, 0.15) is 39.1 Å². The van der Waals surface area contributed by atoms with Crippen LogP contribution in [0.5, 0.6) is 0 Å². The zero-order valence-electron chi connectivity index (χ0n) is 17.1. The molecule has 7 nitrogen and oxygen atoms in total. The van der Waals surface area contributed by atoms with Gasteiger partial charge in [-0.15, -0.1) is 0 Å². The summed E-state index contributed by atoms with van der Waals surface area (Å²) in [5.41, 5.74) is 0.407. The summed E-state index contributed by atoms with van der Waals surface area (Å²) in [7, 11) is 0. The molecule has 31 heavy (non-hydrogen) atoms. The number of rotatable bonds is 3. The van der Waals surface area contributed by atoms with Crippen LogP contribution in [0.15, 0.2) is 48.5 Å². The summed E-state index contributed by atoms with van der Waals surface area (Å²) in [5.74, 6) is -2.46. The van der Waals surface area contributed by atoms with Crippen molar-refractivity contribution in [3.05, 3.63) is 71.0 Å². The van der Waals surface area contributed by atoms with E-state index in [1.165, 1.54) is 23.1 Å². The third kappa shape index (κ3) is 3.79. The molecule has 4 rings (SSSR count). The Balaban J connectivity index is 1.58. The number of carbonyl (C=O) groups excluding carboxylic acids is 2. The van der Waals surface area contributed by atoms with Crippen LogP contribution >= 0.6 is 0 Å². The summed E-state index contributed by atoms with van der Waals surface area (Å²) in [6.07, 6.45) is 0.547. The number of carbonyl (C=O) groups is 3. The maximum Gasteiger partial charge on any atom is 0.328 e. The van der Waals surface area contributed by atoms with E-state index in [4.69, 9.17) is 4.74 Å². The number of hydrogen-bond acceptors (Lipinski definition) is 4. The van der Waals surface area contributed by atoms with Crippen molar-refractivity contribution in [2.45, 2.75) is 31.5 Å². The molecule has 1 N–H and O–H groups in total. The van der Waals surface area contributed by atoms with Gasteiger partial charge in [-0.05, 0) is 36.8 Å². The number of carboxylic acids is 1. The molecule has 0 bridgehead atoms. The van der Waals surface area contributed by atoms with E-state index in [9.17, 15) is 23.9 Å². The van der Waals surface area contributed by atoms with Crippen LogP contribution in [0.25, 0.3) is 0 Å². The summed E-state index contributed by atoms with van der Waals surface area (Å²) >= 11 is 0. The van der Waals surface area contributed by atoms with Crippen LogP contribution in [-0.2, 0) is 9.53 Å². The Morgan fingerprint density at radius 1 is 1.06 bits per heavy atom. The van der Waals surface area contributed by atoms with Gasteiger partial charge in [-0.3, -0.25) is 14.5 Å². The molecule has 1 atom stereocenters. The van der Waals surface area contributed by atoms with E-state index in [1.54, 1.807) is 11.0 Å². The van der Waals surface area contributed by atoms with Crippen molar-refractivity contribution < 1.29 is 28.6 Å². The number of halogens is 1. The third-order valence-electron chi connectivity index (χ3n) is 6.04. The largest absolute Gasteiger partial charge is 0.480 e. The average Bonchev–Trinajstić information content (AvgIpc) is 3.12. The fourth-order valence-corrected chi connectivity index (χ4v) is 4.36. The monoisotopic (exact) mass is 426 g/mol. The Hall–Kier alpha value is -3.26. The van der Waals surface area contributed by atoms with Crippen molar-refractivity contribution in [3.8, 4) is 0 Å². The minimum atomic E-state index is -1.18. The Labute approximate surface area is 179 Å². The molecule has 2 aromatic carbocycles. The van der Waals surface area contributed by atoms with Crippen LogP contribution < -0.4 is 0 Å². The van der Waals surface area contributed by atoms with Gasteiger partial charge in [-0.25, -0.2) is 9.18 Å². The second-order valence-corrected chi connectivity index (χ2v) is 7.90. The lowest BCUT2D eigenvalue weighted by Crippen LogP contribution is -2.58. The standard InChI is InChI=1S/C23H23FN2O5/c1-15-5-2-3-8-18(15)21(28)25-11-9-23(10-12-25)26(19(14-31-23)22(29)30)20(27)16-6-4-7-17(24)13-16/h2-8,13,19H,9-12,14H2,1H3,(H,29,30). The molecular weight excluding hydrogens is 403 g/mol. The minimum Gasteiger partial charge on any atom is -0.480 e. The molecule has 8 heteroatoms. The topological polar surface area (TPSA) is 87.2 Å². The number of likely N-dealkylation sites (tertiary alicyclic amines) is 1. The lowest BCUT2D eigenvalue weighted by atomic mass is 9.95. The number of hydrogen-bond donors (Lipinski definition) is 1. The van der Waals surface area contributed by atoms with Gasteiger partial charge in [-0.1, -0.05) is 24.3 Å². The summed E-state index contributed by atoms with van der Waals surface area (Å²) in [5, 5.41) is 9.65. The highest BCUT2D eigenvalue weighted by Gasteiger charge is 2.54. The van der Waals surface area contributed by atoms with Crippen molar-refractivity contribution in [2.75, 3.05) is 19.7 Å². The maximum atomic E-state index is 13.7. The molecule has 0 radical (unpaired) electrons. The fourth-order valence-electron chi connectivity index (χ4n) is 4.36. The molecule has 2 saturated heterocycles. The first kappa shape index (κ1) is 21.0. The molecular formula is C23H23FN2O5. The molecule has 0 aromatic heterocycles. The SMILES string of the molecule is Cc1ccccc1C(=O)N1CCC2(CC1)OCC(C(=O)O)N2C(=O)c1cccc(F)c1. The van der Waals surface area contributed by atoms with E-state index in [-0.39, 0.29) is 30.9 Å². The normalized spacial score (nSPS) is 20.1. The van der Waals surface area contributed by atoms with Crippen LogP contribution in [0.2, 0.25) is 0 Å². The van der Waals surface area contributed by atoms with E-state index >= 15 is 0 Å². The highest BCUT2D eigenvalue weighted by atomic mass is 19.1. The first-order valence-electron chi connectivity index (χ1n) is 10.1. The van der Waals surface area contributed by atoms with Gasteiger partial charge in [0.15, 0.2) is 6.04 Å². The number of aliphatic carboxylic acids is 1. The molecule has 2 fully saturated rings. The highest BCUT2D eigenvalue weighted by molar-refractivity contribution is 5.98. The smallest absolute Gasteiger partial charge is 0.328 e. The van der Waals surface area contributed by atoms with Crippen LogP contribution in [0.4, 0.5) is 4.39 Å². The molecule has 2 aliphatic rings. The molecule has 2 aromatic rings. The third-order valence-corrected chi connectivity index (χ3v) is 6.04. The Morgan fingerprint density at radius 2 is 1.77 bits per heavy atom. The van der Waals surface area contributed by atoms with Gasteiger partial charge < -0.3 is 14.7 Å². The fraction of sp³-hybridized carbons (Fsp3) is 0.348. The van der Waals surface area contributed by atoms with Crippen LogP contribution in [-0.4, -0.2) is 64.2 Å². The van der Waals surface area contributed by atoms with Gasteiger partial charge in [0.2, 0.25) is 0 Å². The van der Waals surface area contributed by atoms with Crippen molar-refractivity contribution in [2.24, 2.45) is 0 Å². The summed E-state index contributed by atoms with van der Waals surface area (Å²) < 4.78 is 19.6. The van der Waals surface area contributed by atoms with Gasteiger partial charge in [0.05, 0.1) is 6.61 Å². The van der Waals surface area contributed by atoms with Crippen molar-refractivity contribution >= 4 is 17.8 Å². The van der Waals surface area contributed by atoms with Gasteiger partial charge >= 0.3 is 5.97 Å². The number of benzene rings is 2. The Kier molecular flexibility index (Phi) is 5.49. The Morgan fingerprint density at radius 3 is 2.42 bits per heavy atom. The molecule has 0 saturated carbocycles. The molecule has 0 aliphatic carbocycles. The van der Waals surface area contributed by atoms with Gasteiger partial charge in [0.1, 0.15) is 11.5 Å². The van der Waals surface area contributed by atoms with E-state index in [0.717, 1.165) is 11.6 Å². The highest BCUT2D eigenvalue weighted by Crippen LogP contribution is 2.39. The van der Waals surface area contributed by atoms with Crippen molar-refractivity contribution in [1.29, 1.82) is 0 Å². The van der Waals surface area contributed by atoms with Crippen molar-refractivity contribution in [3.63, 3.8) is 0 Å². The van der Waals surface area contributed by atoms with Gasteiger partial charge in [0.25, 0.3) is 11.8 Å². The summed E-state index contributed by atoms with van der Waals surface area (Å²) in [6.45, 7) is 2.34. The zero-order valence-corrected chi connectivity index (χ0v) is 17.1. The van der Waals surface area contributed by atoms with Crippen LogP contribution in [0, 0.1) is 12.7 Å². The molecule has 2 heterocycles. The number of piperidine rings is 1. The number of carboxylic acid groups (broad SMARTS) is 1. The molecule has 1 spiro atoms. The van der Waals surface area contributed by atoms with Gasteiger partial charge in [0, 0.05) is 37.1 Å². The summed E-state index contributed by atoms with van der Waals surface area (Å²) in [4.78, 5) is 40.9. The van der Waals surface area contributed by atoms with E-state index < -0.39 is 29.5 Å². The lowest BCUT2D eigenvalue weighted by Gasteiger charge is -2.44. The van der Waals surface area contributed by atoms with E-state index in [2.05, 4.69) is 0 Å². The zero-order chi connectivity index (χ0) is 22.2. The molecule has 1 unspecified atom stereocenters. The Bertz CT molecular complexity index is 1030. The first-order valence-corrected chi connectivity index (χ1v) is 10.1. The summed E-state index contributed by atoms with van der Waals surface area (Å²) in [6, 6.07) is 11.3. The minimum absolute atomic E-state index is 0.0644. The predicted octanol–water partition coefficient (Wildman–Crippen LogP) is 2.69. The molecule has 162 valence electrons. The average molecular weight is 426 g/mol. The predicted molar refractivity (Wildman–Crippen MR) is 109 cm³/mol. The second kappa shape index (κ2) is 8.11.